The second-order valence-electron chi connectivity index (χ2n) is 5.79. The smallest absolute Gasteiger partial charge is 0.123 e. The zero-order chi connectivity index (χ0) is 13.1. The van der Waals surface area contributed by atoms with Crippen molar-refractivity contribution in [3.8, 4) is 5.75 Å². The molecule has 2 aliphatic rings. The van der Waals surface area contributed by atoms with E-state index in [0.717, 1.165) is 31.4 Å². The van der Waals surface area contributed by atoms with Gasteiger partial charge in [0.05, 0.1) is 13.2 Å². The van der Waals surface area contributed by atoms with E-state index in [0.29, 0.717) is 6.04 Å². The Labute approximate surface area is 115 Å². The van der Waals surface area contributed by atoms with Crippen LogP contribution in [0, 0.1) is 5.92 Å². The molecule has 3 rings (SSSR count). The first-order chi connectivity index (χ1) is 9.36. The van der Waals surface area contributed by atoms with Crippen molar-refractivity contribution in [1.29, 1.82) is 0 Å². The van der Waals surface area contributed by atoms with Crippen LogP contribution in [0.2, 0.25) is 0 Å². The van der Waals surface area contributed by atoms with Gasteiger partial charge in [-0.15, -0.1) is 0 Å². The Kier molecular flexibility index (Phi) is 4.04. The molecule has 19 heavy (non-hydrogen) atoms. The van der Waals surface area contributed by atoms with Crippen LogP contribution in [-0.2, 0) is 6.54 Å². The summed E-state index contributed by atoms with van der Waals surface area (Å²) in [5, 5.41) is 9.17. The quantitative estimate of drug-likeness (QED) is 0.780. The average Bonchev–Trinajstić information content (AvgIpc) is 3.30. The lowest BCUT2D eigenvalue weighted by Crippen LogP contribution is -2.28. The number of benzene rings is 1. The fourth-order valence-electron chi connectivity index (χ4n) is 2.45. The fraction of sp³-hybridized carbons (Fsp3) is 0.625. The molecule has 1 aromatic rings. The lowest BCUT2D eigenvalue weighted by molar-refractivity contribution is 0.181. The Morgan fingerprint density at radius 1 is 1.16 bits per heavy atom. The van der Waals surface area contributed by atoms with Crippen molar-refractivity contribution in [3.63, 3.8) is 0 Å². The van der Waals surface area contributed by atoms with Crippen molar-refractivity contribution in [3.05, 3.63) is 29.8 Å². The van der Waals surface area contributed by atoms with Gasteiger partial charge in [-0.3, -0.25) is 4.90 Å². The highest BCUT2D eigenvalue weighted by Crippen LogP contribution is 2.32. The number of hydrogen-bond donors (Lipinski definition) is 1. The monoisotopic (exact) mass is 261 g/mol. The van der Waals surface area contributed by atoms with E-state index in [1.165, 1.54) is 31.2 Å². The second kappa shape index (κ2) is 5.93. The largest absolute Gasteiger partial charge is 0.493 e. The molecule has 1 aromatic carbocycles. The van der Waals surface area contributed by atoms with E-state index in [-0.39, 0.29) is 6.61 Å². The summed E-state index contributed by atoms with van der Waals surface area (Å²) in [7, 11) is 0. The Hall–Kier alpha value is -1.06. The summed E-state index contributed by atoms with van der Waals surface area (Å²) in [6.45, 7) is 2.76. The lowest BCUT2D eigenvalue weighted by Gasteiger charge is -2.22. The molecular weight excluding hydrogens is 238 g/mol. The van der Waals surface area contributed by atoms with Crippen LogP contribution in [0.3, 0.4) is 0 Å². The molecule has 1 N–H and O–H groups in total. The number of ether oxygens (including phenoxy) is 1. The van der Waals surface area contributed by atoms with E-state index in [1.807, 2.05) is 6.07 Å². The lowest BCUT2D eigenvalue weighted by atomic mass is 10.2. The predicted octanol–water partition coefficient (Wildman–Crippen LogP) is 2.43. The van der Waals surface area contributed by atoms with Gasteiger partial charge in [-0.25, -0.2) is 0 Å². The van der Waals surface area contributed by atoms with Crippen molar-refractivity contribution in [1.82, 2.24) is 4.90 Å². The topological polar surface area (TPSA) is 32.7 Å². The zero-order valence-corrected chi connectivity index (χ0v) is 11.4. The van der Waals surface area contributed by atoms with Gasteiger partial charge in [0.1, 0.15) is 5.75 Å². The first kappa shape index (κ1) is 12.9. The summed E-state index contributed by atoms with van der Waals surface area (Å²) in [5.41, 5.74) is 1.25. The molecule has 0 radical (unpaired) electrons. The van der Waals surface area contributed by atoms with Gasteiger partial charge in [0.25, 0.3) is 0 Å². The summed E-state index contributed by atoms with van der Waals surface area (Å²) in [5.74, 6) is 1.81. The van der Waals surface area contributed by atoms with Crippen molar-refractivity contribution in [2.75, 3.05) is 19.8 Å². The first-order valence-electron chi connectivity index (χ1n) is 7.42. The fourth-order valence-corrected chi connectivity index (χ4v) is 2.45. The van der Waals surface area contributed by atoms with Gasteiger partial charge in [0, 0.05) is 24.7 Å². The Balaban J connectivity index is 1.63. The maximum atomic E-state index is 9.17. The van der Waals surface area contributed by atoms with Crippen molar-refractivity contribution < 1.29 is 9.84 Å². The Bertz CT molecular complexity index is 413. The van der Waals surface area contributed by atoms with Crippen LogP contribution in [0.5, 0.6) is 5.75 Å². The van der Waals surface area contributed by atoms with Crippen LogP contribution in [0.25, 0.3) is 0 Å². The summed E-state index contributed by atoms with van der Waals surface area (Å²) >= 11 is 0. The van der Waals surface area contributed by atoms with E-state index >= 15 is 0 Å². The van der Waals surface area contributed by atoms with E-state index in [2.05, 4.69) is 23.1 Å². The SMILES string of the molecule is OCCN(Cc1ccccc1OCC1CC1)C1CC1. The number of rotatable bonds is 8. The summed E-state index contributed by atoms with van der Waals surface area (Å²) < 4.78 is 5.95. The summed E-state index contributed by atoms with van der Waals surface area (Å²) in [6, 6.07) is 9.00. The number of nitrogens with zero attached hydrogens (tertiary/aromatic N) is 1. The minimum Gasteiger partial charge on any atom is -0.493 e. The van der Waals surface area contributed by atoms with Gasteiger partial charge in [-0.1, -0.05) is 18.2 Å². The molecule has 0 unspecified atom stereocenters. The molecule has 3 heteroatoms. The van der Waals surface area contributed by atoms with Gasteiger partial charge in [-0.05, 0) is 37.7 Å². The third kappa shape index (κ3) is 3.71. The predicted molar refractivity (Wildman–Crippen MR) is 75.2 cm³/mol. The Morgan fingerprint density at radius 3 is 2.63 bits per heavy atom. The van der Waals surface area contributed by atoms with E-state index in [1.54, 1.807) is 0 Å². The molecule has 0 aromatic heterocycles. The number of hydrogen-bond acceptors (Lipinski definition) is 3. The number of aliphatic hydroxyl groups excluding tert-OH is 1. The minimum absolute atomic E-state index is 0.238. The highest BCUT2D eigenvalue weighted by Gasteiger charge is 2.29. The molecule has 0 saturated heterocycles. The van der Waals surface area contributed by atoms with E-state index < -0.39 is 0 Å². The molecule has 2 aliphatic carbocycles. The maximum Gasteiger partial charge on any atom is 0.123 e. The molecule has 0 atom stereocenters. The highest BCUT2D eigenvalue weighted by atomic mass is 16.5. The molecule has 2 fully saturated rings. The molecule has 0 aliphatic heterocycles. The minimum atomic E-state index is 0.238. The molecule has 0 amide bonds. The van der Waals surface area contributed by atoms with Gasteiger partial charge in [-0.2, -0.15) is 0 Å². The third-order valence-electron chi connectivity index (χ3n) is 3.97. The first-order valence-corrected chi connectivity index (χ1v) is 7.42. The van der Waals surface area contributed by atoms with Gasteiger partial charge in [0.15, 0.2) is 0 Å². The Morgan fingerprint density at radius 2 is 1.95 bits per heavy atom. The maximum absolute atomic E-state index is 9.17. The van der Waals surface area contributed by atoms with Crippen LogP contribution < -0.4 is 4.74 Å². The van der Waals surface area contributed by atoms with Gasteiger partial charge >= 0.3 is 0 Å². The van der Waals surface area contributed by atoms with Crippen LogP contribution in [-0.4, -0.2) is 35.8 Å². The molecular formula is C16H23NO2. The van der Waals surface area contributed by atoms with Gasteiger partial charge in [0.2, 0.25) is 0 Å². The number of para-hydroxylation sites is 1. The van der Waals surface area contributed by atoms with E-state index in [4.69, 9.17) is 4.74 Å². The number of aliphatic hydroxyl groups is 1. The van der Waals surface area contributed by atoms with Crippen LogP contribution in [0.4, 0.5) is 0 Å². The zero-order valence-electron chi connectivity index (χ0n) is 11.4. The molecule has 0 spiro atoms. The summed E-state index contributed by atoms with van der Waals surface area (Å²) in [4.78, 5) is 2.37. The standard InChI is InChI=1S/C16H23NO2/c18-10-9-17(15-7-8-15)11-14-3-1-2-4-16(14)19-12-13-5-6-13/h1-4,13,15,18H,5-12H2. The molecule has 0 heterocycles. The van der Waals surface area contributed by atoms with Crippen LogP contribution in [0.15, 0.2) is 24.3 Å². The second-order valence-corrected chi connectivity index (χ2v) is 5.79. The van der Waals surface area contributed by atoms with Crippen molar-refractivity contribution in [2.24, 2.45) is 5.92 Å². The van der Waals surface area contributed by atoms with Crippen molar-refractivity contribution in [2.45, 2.75) is 38.3 Å². The molecule has 0 bridgehead atoms. The normalized spacial score (nSPS) is 18.8. The highest BCUT2D eigenvalue weighted by molar-refractivity contribution is 5.33. The van der Waals surface area contributed by atoms with Crippen LogP contribution in [0.1, 0.15) is 31.2 Å². The van der Waals surface area contributed by atoms with E-state index in [9.17, 15) is 5.11 Å². The third-order valence-corrected chi connectivity index (χ3v) is 3.97. The molecule has 2 saturated carbocycles. The van der Waals surface area contributed by atoms with Crippen molar-refractivity contribution >= 4 is 0 Å². The molecule has 3 nitrogen and oxygen atoms in total. The van der Waals surface area contributed by atoms with Crippen LogP contribution >= 0.6 is 0 Å². The summed E-state index contributed by atoms with van der Waals surface area (Å²) in [6.07, 6.45) is 5.18. The van der Waals surface area contributed by atoms with Gasteiger partial charge < -0.3 is 9.84 Å². The molecule has 104 valence electrons. The average molecular weight is 261 g/mol.